The van der Waals surface area contributed by atoms with E-state index in [0.717, 1.165) is 21.8 Å². The summed E-state index contributed by atoms with van der Waals surface area (Å²) in [5.74, 6) is -1.07. The van der Waals surface area contributed by atoms with Gasteiger partial charge in [0.05, 0.1) is 4.47 Å². The first-order valence-corrected chi connectivity index (χ1v) is 5.36. The third kappa shape index (κ3) is 1.77. The minimum absolute atomic E-state index is 0.0287. The van der Waals surface area contributed by atoms with Crippen molar-refractivity contribution in [3.8, 4) is 0 Å². The Hall–Kier alpha value is -1.29. The average molecular weight is 269 g/mol. The van der Waals surface area contributed by atoms with E-state index in [2.05, 4.69) is 15.9 Å². The molecule has 0 atom stereocenters. The van der Waals surface area contributed by atoms with Gasteiger partial charge < -0.3 is 9.52 Å². The van der Waals surface area contributed by atoms with E-state index in [0.29, 0.717) is 5.58 Å². The van der Waals surface area contributed by atoms with Gasteiger partial charge in [-0.2, -0.15) is 0 Å². The predicted octanol–water partition coefficient (Wildman–Crippen LogP) is 3.46. The second kappa shape index (κ2) is 3.70. The standard InChI is InChI=1S/C11H9BrO3/c1-2-6-3-7-5-9(11(13)14)15-10(7)8(12)4-6/h3-5H,2H2,1H3,(H,13,14). The summed E-state index contributed by atoms with van der Waals surface area (Å²) in [6.45, 7) is 2.05. The number of halogens is 1. The number of rotatable bonds is 2. The first-order chi connectivity index (χ1) is 7.11. The van der Waals surface area contributed by atoms with Crippen molar-refractivity contribution in [2.24, 2.45) is 0 Å². The van der Waals surface area contributed by atoms with Crippen molar-refractivity contribution in [3.05, 3.63) is 34.0 Å². The summed E-state index contributed by atoms with van der Waals surface area (Å²) in [5.41, 5.74) is 1.73. The van der Waals surface area contributed by atoms with Gasteiger partial charge in [-0.1, -0.05) is 6.92 Å². The molecule has 2 rings (SSSR count). The molecule has 1 aromatic carbocycles. The van der Waals surface area contributed by atoms with Crippen molar-refractivity contribution in [1.29, 1.82) is 0 Å². The lowest BCUT2D eigenvalue weighted by Crippen LogP contribution is -1.91. The van der Waals surface area contributed by atoms with Crippen molar-refractivity contribution >= 4 is 32.9 Å². The molecular weight excluding hydrogens is 260 g/mol. The molecule has 0 aliphatic heterocycles. The Morgan fingerprint density at radius 3 is 2.80 bits per heavy atom. The maximum Gasteiger partial charge on any atom is 0.371 e. The first kappa shape index (κ1) is 10.2. The molecule has 0 saturated heterocycles. The van der Waals surface area contributed by atoms with Crippen LogP contribution in [0.5, 0.6) is 0 Å². The Labute approximate surface area is 94.8 Å². The van der Waals surface area contributed by atoms with Gasteiger partial charge in [0.2, 0.25) is 5.76 Å². The fourth-order valence-corrected chi connectivity index (χ4v) is 2.08. The lowest BCUT2D eigenvalue weighted by atomic mass is 10.1. The first-order valence-electron chi connectivity index (χ1n) is 4.57. The number of furan rings is 1. The zero-order valence-electron chi connectivity index (χ0n) is 8.08. The topological polar surface area (TPSA) is 50.4 Å². The molecule has 0 radical (unpaired) electrons. The summed E-state index contributed by atoms with van der Waals surface area (Å²) >= 11 is 3.36. The van der Waals surface area contributed by atoms with Crippen LogP contribution >= 0.6 is 15.9 Å². The summed E-state index contributed by atoms with van der Waals surface area (Å²) in [6.07, 6.45) is 0.905. The van der Waals surface area contributed by atoms with Crippen LogP contribution < -0.4 is 0 Å². The summed E-state index contributed by atoms with van der Waals surface area (Å²) in [4.78, 5) is 10.7. The molecule has 4 heteroatoms. The highest BCUT2D eigenvalue weighted by atomic mass is 79.9. The van der Waals surface area contributed by atoms with E-state index < -0.39 is 5.97 Å². The smallest absolute Gasteiger partial charge is 0.371 e. The minimum atomic E-state index is -1.05. The van der Waals surface area contributed by atoms with Gasteiger partial charge in [-0.05, 0) is 46.1 Å². The molecule has 0 bridgehead atoms. The number of hydrogen-bond acceptors (Lipinski definition) is 2. The third-order valence-corrected chi connectivity index (χ3v) is 2.84. The molecule has 1 aromatic heterocycles. The van der Waals surface area contributed by atoms with Crippen molar-refractivity contribution in [2.75, 3.05) is 0 Å². The Morgan fingerprint density at radius 1 is 1.47 bits per heavy atom. The number of fused-ring (bicyclic) bond motifs is 1. The molecule has 1 heterocycles. The van der Waals surface area contributed by atoms with Crippen molar-refractivity contribution in [3.63, 3.8) is 0 Å². The number of hydrogen-bond donors (Lipinski definition) is 1. The molecule has 1 N–H and O–H groups in total. The van der Waals surface area contributed by atoms with Gasteiger partial charge in [0.15, 0.2) is 0 Å². The molecule has 0 aliphatic carbocycles. The van der Waals surface area contributed by atoms with Crippen LogP contribution in [0.1, 0.15) is 23.0 Å². The van der Waals surface area contributed by atoms with Crippen LogP contribution in [0.2, 0.25) is 0 Å². The van der Waals surface area contributed by atoms with Crippen LogP contribution in [0.25, 0.3) is 11.0 Å². The van der Waals surface area contributed by atoms with Gasteiger partial charge in [0.25, 0.3) is 0 Å². The predicted molar refractivity (Wildman–Crippen MR) is 60.3 cm³/mol. The van der Waals surface area contributed by atoms with Gasteiger partial charge >= 0.3 is 5.97 Å². The largest absolute Gasteiger partial charge is 0.475 e. The minimum Gasteiger partial charge on any atom is -0.475 e. The van der Waals surface area contributed by atoms with Crippen molar-refractivity contribution in [2.45, 2.75) is 13.3 Å². The van der Waals surface area contributed by atoms with Crippen LogP contribution in [0.15, 0.2) is 27.1 Å². The van der Waals surface area contributed by atoms with Crippen molar-refractivity contribution in [1.82, 2.24) is 0 Å². The van der Waals surface area contributed by atoms with Gasteiger partial charge in [0, 0.05) is 5.39 Å². The number of carboxylic acids is 1. The van der Waals surface area contributed by atoms with Crippen LogP contribution in [-0.4, -0.2) is 11.1 Å². The highest BCUT2D eigenvalue weighted by Crippen LogP contribution is 2.29. The number of aryl methyl sites for hydroxylation is 1. The van der Waals surface area contributed by atoms with E-state index >= 15 is 0 Å². The zero-order chi connectivity index (χ0) is 11.0. The molecule has 0 unspecified atom stereocenters. The fraction of sp³-hybridized carbons (Fsp3) is 0.182. The molecule has 3 nitrogen and oxygen atoms in total. The Morgan fingerprint density at radius 2 is 2.20 bits per heavy atom. The van der Waals surface area contributed by atoms with Gasteiger partial charge in [-0.15, -0.1) is 0 Å². The Bertz CT molecular complexity index is 528. The maximum absolute atomic E-state index is 10.7. The van der Waals surface area contributed by atoms with E-state index in [1.54, 1.807) is 6.07 Å². The van der Waals surface area contributed by atoms with Crippen LogP contribution in [-0.2, 0) is 6.42 Å². The van der Waals surface area contributed by atoms with Crippen LogP contribution in [0.4, 0.5) is 0 Å². The average Bonchev–Trinajstić information content (AvgIpc) is 2.61. The lowest BCUT2D eigenvalue weighted by Gasteiger charge is -1.98. The molecule has 15 heavy (non-hydrogen) atoms. The Kier molecular flexibility index (Phi) is 2.52. The van der Waals surface area contributed by atoms with Gasteiger partial charge in [-0.3, -0.25) is 0 Å². The summed E-state index contributed by atoms with van der Waals surface area (Å²) in [7, 11) is 0. The van der Waals surface area contributed by atoms with Gasteiger partial charge in [-0.25, -0.2) is 4.79 Å². The number of aromatic carboxylic acids is 1. The molecule has 0 aliphatic rings. The molecule has 78 valence electrons. The SMILES string of the molecule is CCc1cc(Br)c2oc(C(=O)O)cc2c1. The quantitative estimate of drug-likeness (QED) is 0.908. The summed E-state index contributed by atoms with van der Waals surface area (Å²) in [5, 5.41) is 9.61. The number of benzene rings is 1. The maximum atomic E-state index is 10.7. The fourth-order valence-electron chi connectivity index (χ4n) is 1.48. The van der Waals surface area contributed by atoms with Crippen molar-refractivity contribution < 1.29 is 14.3 Å². The third-order valence-electron chi connectivity index (χ3n) is 2.25. The number of carbonyl (C=O) groups is 1. The van der Waals surface area contributed by atoms with E-state index in [1.165, 1.54) is 0 Å². The monoisotopic (exact) mass is 268 g/mol. The number of carboxylic acid groups (broad SMARTS) is 1. The lowest BCUT2D eigenvalue weighted by molar-refractivity contribution is 0.0665. The normalized spacial score (nSPS) is 10.8. The van der Waals surface area contributed by atoms with E-state index in [-0.39, 0.29) is 5.76 Å². The van der Waals surface area contributed by atoms with Crippen LogP contribution in [0.3, 0.4) is 0 Å². The van der Waals surface area contributed by atoms with E-state index in [4.69, 9.17) is 9.52 Å². The molecule has 2 aromatic rings. The summed E-state index contributed by atoms with van der Waals surface area (Å²) in [6, 6.07) is 5.43. The second-order valence-corrected chi connectivity index (χ2v) is 4.12. The molecule has 0 spiro atoms. The zero-order valence-corrected chi connectivity index (χ0v) is 9.67. The van der Waals surface area contributed by atoms with Gasteiger partial charge in [0.1, 0.15) is 5.58 Å². The summed E-state index contributed by atoms with van der Waals surface area (Å²) < 4.78 is 6.01. The van der Waals surface area contributed by atoms with E-state index in [9.17, 15) is 4.79 Å². The second-order valence-electron chi connectivity index (χ2n) is 3.27. The molecule has 0 fully saturated rings. The van der Waals surface area contributed by atoms with E-state index in [1.807, 2.05) is 19.1 Å². The highest BCUT2D eigenvalue weighted by Gasteiger charge is 2.12. The highest BCUT2D eigenvalue weighted by molar-refractivity contribution is 9.10. The molecule has 0 saturated carbocycles. The Balaban J connectivity index is 2.69. The molecular formula is C11H9BrO3. The van der Waals surface area contributed by atoms with Crippen LogP contribution in [0, 0.1) is 0 Å². The molecule has 0 amide bonds.